The van der Waals surface area contributed by atoms with Crippen LogP contribution in [0.15, 0.2) is 41.7 Å². The Balaban J connectivity index is 1.81. The van der Waals surface area contributed by atoms with Crippen molar-refractivity contribution < 1.29 is 8.95 Å². The monoisotopic (exact) mass is 414 g/mol. The van der Waals surface area contributed by atoms with Crippen LogP contribution in [0.25, 0.3) is 21.8 Å². The summed E-state index contributed by atoms with van der Waals surface area (Å²) >= 11 is 1.64. The fourth-order valence-electron chi connectivity index (χ4n) is 3.25. The van der Waals surface area contributed by atoms with E-state index in [-0.39, 0.29) is 0 Å². The van der Waals surface area contributed by atoms with Gasteiger partial charge in [0.2, 0.25) is 5.16 Å². The van der Waals surface area contributed by atoms with Gasteiger partial charge in [-0.1, -0.05) is 11.3 Å². The van der Waals surface area contributed by atoms with Crippen molar-refractivity contribution in [1.82, 2.24) is 15.0 Å². The van der Waals surface area contributed by atoms with E-state index in [9.17, 15) is 4.21 Å². The molecular weight excluding hydrogens is 392 g/mol. The summed E-state index contributed by atoms with van der Waals surface area (Å²) in [5.74, 6) is 0.808. The van der Waals surface area contributed by atoms with Crippen molar-refractivity contribution in [2.75, 3.05) is 31.4 Å². The molecule has 1 aliphatic heterocycles. The molecule has 8 heteroatoms. The van der Waals surface area contributed by atoms with E-state index in [0.29, 0.717) is 5.16 Å². The van der Waals surface area contributed by atoms with Crippen LogP contribution < -0.4 is 9.64 Å². The third-order valence-corrected chi connectivity index (χ3v) is 6.58. The maximum Gasteiger partial charge on any atom is 0.218 e. The zero-order chi connectivity index (χ0) is 19.5. The van der Waals surface area contributed by atoms with Crippen LogP contribution >= 0.6 is 11.3 Å². The largest absolute Gasteiger partial charge is 0.497 e. The first kappa shape index (κ1) is 19.0. The van der Waals surface area contributed by atoms with Gasteiger partial charge in [0.15, 0.2) is 5.13 Å². The van der Waals surface area contributed by atoms with Crippen molar-refractivity contribution in [3.63, 3.8) is 0 Å². The van der Waals surface area contributed by atoms with Gasteiger partial charge in [0.1, 0.15) is 5.75 Å². The Kier molecular flexibility index (Phi) is 5.68. The van der Waals surface area contributed by atoms with Crippen LogP contribution in [0.3, 0.4) is 0 Å². The van der Waals surface area contributed by atoms with Gasteiger partial charge < -0.3 is 9.64 Å². The number of methoxy groups -OCH3 is 1. The third kappa shape index (κ3) is 3.93. The zero-order valence-electron chi connectivity index (χ0n) is 15.9. The van der Waals surface area contributed by atoms with Crippen LogP contribution in [0, 0.1) is 0 Å². The number of aromatic nitrogens is 3. The lowest BCUT2D eigenvalue weighted by atomic mass is 10.1. The summed E-state index contributed by atoms with van der Waals surface area (Å²) in [5.41, 5.74) is 2.65. The molecule has 4 rings (SSSR count). The highest BCUT2D eigenvalue weighted by atomic mass is 32.2. The average molecular weight is 415 g/mol. The highest BCUT2D eigenvalue weighted by molar-refractivity contribution is 7.84. The Morgan fingerprint density at radius 1 is 1.07 bits per heavy atom. The molecule has 1 unspecified atom stereocenters. The molecule has 1 fully saturated rings. The van der Waals surface area contributed by atoms with Gasteiger partial charge in [0.05, 0.1) is 34.2 Å². The lowest BCUT2D eigenvalue weighted by Crippen LogP contribution is -2.29. The summed E-state index contributed by atoms with van der Waals surface area (Å²) in [6, 6.07) is 9.75. The standard InChI is InChI=1S/C20H22N4O2S2/c1-26-15-8-6-14(7-9-15)17-18(16-10-11-21-19(22-16)28(2)25)27-20(23-17)24-12-4-3-5-13-24/h6-11H,3-5,12-13H2,1-2H3. The molecule has 3 heterocycles. The molecule has 28 heavy (non-hydrogen) atoms. The molecule has 0 spiro atoms. The molecule has 0 radical (unpaired) electrons. The van der Waals surface area contributed by atoms with Crippen molar-refractivity contribution in [2.45, 2.75) is 24.4 Å². The van der Waals surface area contributed by atoms with E-state index >= 15 is 0 Å². The first-order chi connectivity index (χ1) is 13.7. The molecule has 1 atom stereocenters. The van der Waals surface area contributed by atoms with Crippen LogP contribution in [0.1, 0.15) is 19.3 Å². The van der Waals surface area contributed by atoms with E-state index in [2.05, 4.69) is 14.9 Å². The number of hydrogen-bond acceptors (Lipinski definition) is 7. The second-order valence-electron chi connectivity index (χ2n) is 6.63. The predicted molar refractivity (Wildman–Crippen MR) is 114 cm³/mol. The number of ether oxygens (including phenoxy) is 1. The summed E-state index contributed by atoms with van der Waals surface area (Å²) in [5, 5.41) is 1.35. The van der Waals surface area contributed by atoms with Gasteiger partial charge in [-0.15, -0.1) is 0 Å². The second kappa shape index (κ2) is 8.36. The minimum absolute atomic E-state index is 0.339. The highest BCUT2D eigenvalue weighted by Crippen LogP contribution is 2.40. The van der Waals surface area contributed by atoms with E-state index in [1.54, 1.807) is 30.9 Å². The summed E-state index contributed by atoms with van der Waals surface area (Å²) < 4.78 is 17.1. The van der Waals surface area contributed by atoms with Gasteiger partial charge in [-0.25, -0.2) is 15.0 Å². The maximum atomic E-state index is 11.9. The highest BCUT2D eigenvalue weighted by Gasteiger charge is 2.21. The molecule has 2 aromatic heterocycles. The minimum atomic E-state index is -1.23. The molecular formula is C20H22N4O2S2. The number of thiazole rings is 1. The molecule has 1 saturated heterocycles. The van der Waals surface area contributed by atoms with Crippen molar-refractivity contribution in [3.05, 3.63) is 36.5 Å². The van der Waals surface area contributed by atoms with Gasteiger partial charge in [0, 0.05) is 31.1 Å². The van der Waals surface area contributed by atoms with Crippen LogP contribution in [-0.4, -0.2) is 45.6 Å². The van der Waals surface area contributed by atoms with E-state index in [0.717, 1.165) is 45.8 Å². The molecule has 3 aromatic rings. The predicted octanol–water partition coefficient (Wildman–Crippen LogP) is 4.00. The number of rotatable bonds is 5. The van der Waals surface area contributed by atoms with Crippen LogP contribution in [0.4, 0.5) is 5.13 Å². The number of hydrogen-bond donors (Lipinski definition) is 0. The Morgan fingerprint density at radius 2 is 1.82 bits per heavy atom. The zero-order valence-corrected chi connectivity index (χ0v) is 17.6. The Bertz CT molecular complexity index is 982. The summed E-state index contributed by atoms with van der Waals surface area (Å²) in [6.07, 6.45) is 6.92. The van der Waals surface area contributed by atoms with Gasteiger partial charge in [-0.05, 0) is 49.6 Å². The smallest absolute Gasteiger partial charge is 0.218 e. The third-order valence-electron chi connectivity index (χ3n) is 4.73. The fourth-order valence-corrected chi connectivity index (χ4v) is 4.80. The quantitative estimate of drug-likeness (QED) is 0.588. The minimum Gasteiger partial charge on any atom is -0.497 e. The van der Waals surface area contributed by atoms with Crippen molar-refractivity contribution >= 4 is 27.3 Å². The maximum absolute atomic E-state index is 11.9. The molecule has 146 valence electrons. The normalized spacial score (nSPS) is 15.4. The van der Waals surface area contributed by atoms with Gasteiger partial charge in [0.25, 0.3) is 0 Å². The molecule has 0 bridgehead atoms. The molecule has 0 saturated carbocycles. The summed E-state index contributed by atoms with van der Waals surface area (Å²) in [4.78, 5) is 17.0. The van der Waals surface area contributed by atoms with Crippen molar-refractivity contribution in [3.8, 4) is 27.6 Å². The molecule has 1 aliphatic rings. The SMILES string of the molecule is COc1ccc(-c2nc(N3CCCCC3)sc2-c2ccnc(S(C)=O)n2)cc1. The average Bonchev–Trinajstić information content (AvgIpc) is 3.20. The van der Waals surface area contributed by atoms with Gasteiger partial charge >= 0.3 is 0 Å². The van der Waals surface area contributed by atoms with Crippen LogP contribution in [0.5, 0.6) is 5.75 Å². The summed E-state index contributed by atoms with van der Waals surface area (Å²) in [6.45, 7) is 2.06. The van der Waals surface area contributed by atoms with Crippen LogP contribution in [-0.2, 0) is 10.8 Å². The van der Waals surface area contributed by atoms with Crippen molar-refractivity contribution in [1.29, 1.82) is 0 Å². The van der Waals surface area contributed by atoms with E-state index in [4.69, 9.17) is 9.72 Å². The molecule has 0 amide bonds. The van der Waals surface area contributed by atoms with Gasteiger partial charge in [-0.3, -0.25) is 4.21 Å². The van der Waals surface area contributed by atoms with Crippen molar-refractivity contribution in [2.24, 2.45) is 0 Å². The Hall–Kier alpha value is -2.32. The number of benzene rings is 1. The Morgan fingerprint density at radius 3 is 2.50 bits per heavy atom. The van der Waals surface area contributed by atoms with Crippen LogP contribution in [0.2, 0.25) is 0 Å². The van der Waals surface area contributed by atoms with E-state index < -0.39 is 10.8 Å². The second-order valence-corrected chi connectivity index (χ2v) is 8.88. The number of anilines is 1. The Labute approximate surface area is 171 Å². The van der Waals surface area contributed by atoms with E-state index in [1.807, 2.05) is 30.3 Å². The molecule has 1 aromatic carbocycles. The van der Waals surface area contributed by atoms with Gasteiger partial charge in [-0.2, -0.15) is 0 Å². The molecule has 0 N–H and O–H groups in total. The lowest BCUT2D eigenvalue weighted by molar-refractivity contribution is 0.415. The molecule has 6 nitrogen and oxygen atoms in total. The number of nitrogens with zero attached hydrogens (tertiary/aromatic N) is 4. The lowest BCUT2D eigenvalue weighted by Gasteiger charge is -2.25. The first-order valence-electron chi connectivity index (χ1n) is 9.23. The first-order valence-corrected chi connectivity index (χ1v) is 11.6. The fraction of sp³-hybridized carbons (Fsp3) is 0.350. The summed E-state index contributed by atoms with van der Waals surface area (Å²) in [7, 11) is 0.427. The topological polar surface area (TPSA) is 68.2 Å². The van der Waals surface area contributed by atoms with E-state index in [1.165, 1.54) is 19.3 Å². The molecule has 0 aliphatic carbocycles. The number of piperidine rings is 1.